The number of amides is 1. The Morgan fingerprint density at radius 2 is 1.78 bits per heavy atom. The summed E-state index contributed by atoms with van der Waals surface area (Å²) in [5.41, 5.74) is -0.259. The second-order valence-electron chi connectivity index (χ2n) is 9.95. The van der Waals surface area contributed by atoms with Crippen molar-refractivity contribution in [3.8, 4) is 0 Å². The smallest absolute Gasteiger partial charge is 0.407 e. The van der Waals surface area contributed by atoms with E-state index in [-0.39, 0.29) is 11.8 Å². The van der Waals surface area contributed by atoms with Crippen LogP contribution in [0.25, 0.3) is 0 Å². The topological polar surface area (TPSA) is 88.0 Å². The highest BCUT2D eigenvalue weighted by Crippen LogP contribution is 2.30. The number of ether oxygens (including phenoxy) is 1. The first-order valence-electron chi connectivity index (χ1n) is 11.5. The van der Waals surface area contributed by atoms with E-state index in [1.807, 2.05) is 25.7 Å². The number of carbonyl (C=O) groups excluding carboxylic acids is 1. The Morgan fingerprint density at radius 3 is 2.34 bits per heavy atom. The summed E-state index contributed by atoms with van der Waals surface area (Å²) in [6.45, 7) is 10.4. The van der Waals surface area contributed by atoms with Crippen molar-refractivity contribution in [3.05, 3.63) is 34.1 Å². The van der Waals surface area contributed by atoms with Crippen LogP contribution in [0.1, 0.15) is 46.5 Å². The van der Waals surface area contributed by atoms with Crippen molar-refractivity contribution in [2.45, 2.75) is 52.1 Å². The van der Waals surface area contributed by atoms with Gasteiger partial charge in [-0.1, -0.05) is 0 Å². The van der Waals surface area contributed by atoms with Gasteiger partial charge in [-0.15, -0.1) is 0 Å². The number of nitro groups is 1. The largest absolute Gasteiger partial charge is 0.444 e. The number of hydrogen-bond acceptors (Lipinski definition) is 6. The molecule has 1 heterocycles. The molecule has 1 aliphatic heterocycles. The Bertz CT molecular complexity index is 798. The monoisotopic (exact) mass is 450 g/mol. The van der Waals surface area contributed by atoms with E-state index in [0.717, 1.165) is 51.4 Å². The molecule has 1 saturated carbocycles. The second kappa shape index (κ2) is 10.5. The van der Waals surface area contributed by atoms with Crippen molar-refractivity contribution in [1.82, 2.24) is 10.2 Å². The van der Waals surface area contributed by atoms with Gasteiger partial charge in [-0.2, -0.15) is 0 Å². The average molecular weight is 451 g/mol. The van der Waals surface area contributed by atoms with Gasteiger partial charge in [0.2, 0.25) is 0 Å². The molecule has 1 aromatic rings. The molecule has 0 unspecified atom stereocenters. The Balaban J connectivity index is 1.37. The van der Waals surface area contributed by atoms with E-state index in [4.69, 9.17) is 4.74 Å². The summed E-state index contributed by atoms with van der Waals surface area (Å²) >= 11 is 0. The van der Waals surface area contributed by atoms with E-state index >= 15 is 0 Å². The van der Waals surface area contributed by atoms with Gasteiger partial charge >= 0.3 is 6.09 Å². The molecule has 0 aromatic heterocycles. The number of carbonyl (C=O) groups is 1. The molecule has 1 N–H and O–H groups in total. The molecule has 32 heavy (non-hydrogen) atoms. The first-order valence-corrected chi connectivity index (χ1v) is 11.5. The van der Waals surface area contributed by atoms with Crippen LogP contribution in [0.5, 0.6) is 0 Å². The summed E-state index contributed by atoms with van der Waals surface area (Å²) in [5.74, 6) is 0.613. The highest BCUT2D eigenvalue weighted by Gasteiger charge is 2.26. The normalized spacial score (nSPS) is 22.4. The molecule has 0 atom stereocenters. The van der Waals surface area contributed by atoms with Crippen LogP contribution in [0.4, 0.5) is 20.6 Å². The molecule has 0 spiro atoms. The number of hydrogen-bond donors (Lipinski definition) is 1. The maximum atomic E-state index is 14.3. The minimum atomic E-state index is -0.576. The SMILES string of the molecule is CC(C)(C)OC(=O)NC[C@H]1CC[C@H](CN2CCN(c3ccc([N+](=O)[O-])cc3F)CC2)CC1. The van der Waals surface area contributed by atoms with Crippen molar-refractivity contribution in [3.63, 3.8) is 0 Å². The molecule has 1 aromatic carbocycles. The highest BCUT2D eigenvalue weighted by molar-refractivity contribution is 5.67. The Hall–Kier alpha value is -2.42. The van der Waals surface area contributed by atoms with Gasteiger partial charge in [0.15, 0.2) is 5.82 Å². The molecule has 1 aliphatic carbocycles. The molecule has 0 bridgehead atoms. The maximum absolute atomic E-state index is 14.3. The van der Waals surface area contributed by atoms with Crippen LogP contribution in [0.3, 0.4) is 0 Å². The lowest BCUT2D eigenvalue weighted by Crippen LogP contribution is -2.48. The van der Waals surface area contributed by atoms with Crippen LogP contribution in [0.2, 0.25) is 0 Å². The quantitative estimate of drug-likeness (QED) is 0.517. The van der Waals surface area contributed by atoms with E-state index in [9.17, 15) is 19.3 Å². The molecule has 2 aliphatic rings. The lowest BCUT2D eigenvalue weighted by Gasteiger charge is -2.39. The van der Waals surface area contributed by atoms with Crippen LogP contribution < -0.4 is 10.2 Å². The fourth-order valence-electron chi connectivity index (χ4n) is 4.56. The molecule has 1 saturated heterocycles. The van der Waals surface area contributed by atoms with E-state index in [1.54, 1.807) is 0 Å². The predicted octanol–water partition coefficient (Wildman–Crippen LogP) is 4.19. The fraction of sp³-hybridized carbons (Fsp3) is 0.696. The summed E-state index contributed by atoms with van der Waals surface area (Å²) in [7, 11) is 0. The van der Waals surface area contributed by atoms with E-state index in [0.29, 0.717) is 37.2 Å². The second-order valence-corrected chi connectivity index (χ2v) is 9.95. The van der Waals surface area contributed by atoms with Gasteiger partial charge in [-0.25, -0.2) is 9.18 Å². The van der Waals surface area contributed by atoms with Crippen LogP contribution in [0, 0.1) is 27.8 Å². The summed E-state index contributed by atoms with van der Waals surface area (Å²) in [5, 5.41) is 13.7. The zero-order valence-corrected chi connectivity index (χ0v) is 19.3. The third kappa shape index (κ3) is 7.05. The number of nitrogens with zero attached hydrogens (tertiary/aromatic N) is 3. The number of anilines is 1. The third-order valence-corrected chi connectivity index (χ3v) is 6.27. The Labute approximate surface area is 189 Å². The van der Waals surface area contributed by atoms with Crippen LogP contribution in [0.15, 0.2) is 18.2 Å². The molecule has 178 valence electrons. The molecule has 1 amide bonds. The number of alkyl carbamates (subject to hydrolysis) is 1. The Morgan fingerprint density at radius 1 is 1.16 bits per heavy atom. The van der Waals surface area contributed by atoms with Gasteiger partial charge in [0.1, 0.15) is 5.60 Å². The van der Waals surface area contributed by atoms with Crippen molar-refractivity contribution in [2.75, 3.05) is 44.2 Å². The van der Waals surface area contributed by atoms with Crippen molar-refractivity contribution in [1.29, 1.82) is 0 Å². The number of nitrogens with one attached hydrogen (secondary N) is 1. The van der Waals surface area contributed by atoms with Crippen molar-refractivity contribution in [2.24, 2.45) is 11.8 Å². The van der Waals surface area contributed by atoms with Gasteiger partial charge in [0.05, 0.1) is 16.7 Å². The van der Waals surface area contributed by atoms with Crippen LogP contribution in [-0.4, -0.2) is 60.8 Å². The number of nitro benzene ring substituents is 1. The predicted molar refractivity (Wildman–Crippen MR) is 121 cm³/mol. The molecular formula is C23H35FN4O4. The minimum Gasteiger partial charge on any atom is -0.444 e. The zero-order valence-electron chi connectivity index (χ0n) is 19.3. The van der Waals surface area contributed by atoms with Gasteiger partial charge in [0, 0.05) is 45.3 Å². The number of benzene rings is 1. The van der Waals surface area contributed by atoms with Crippen LogP contribution >= 0.6 is 0 Å². The summed E-state index contributed by atoms with van der Waals surface area (Å²) in [6, 6.07) is 3.87. The standard InChI is InChI=1S/C23H35FN4O4/c1-23(2,3)32-22(29)25-15-17-4-6-18(7-5-17)16-26-10-12-27(13-11-26)21-9-8-19(28(30)31)14-20(21)24/h8-9,14,17-18H,4-7,10-13,15-16H2,1-3H3,(H,25,29)/t17-,18-. The fourth-order valence-corrected chi connectivity index (χ4v) is 4.56. The van der Waals surface area contributed by atoms with E-state index in [1.165, 1.54) is 12.1 Å². The molecular weight excluding hydrogens is 415 g/mol. The molecule has 9 heteroatoms. The van der Waals surface area contributed by atoms with Crippen LogP contribution in [-0.2, 0) is 4.74 Å². The Kier molecular flexibility index (Phi) is 7.92. The lowest BCUT2D eigenvalue weighted by atomic mass is 9.81. The summed E-state index contributed by atoms with van der Waals surface area (Å²) in [4.78, 5) is 26.5. The van der Waals surface area contributed by atoms with E-state index < -0.39 is 16.3 Å². The average Bonchev–Trinajstić information content (AvgIpc) is 2.72. The molecule has 3 rings (SSSR count). The van der Waals surface area contributed by atoms with E-state index in [2.05, 4.69) is 10.2 Å². The maximum Gasteiger partial charge on any atom is 0.407 e. The van der Waals surface area contributed by atoms with Gasteiger partial charge < -0.3 is 15.0 Å². The zero-order chi connectivity index (χ0) is 23.3. The summed E-state index contributed by atoms with van der Waals surface area (Å²) < 4.78 is 19.6. The first-order chi connectivity index (χ1) is 15.1. The molecule has 2 fully saturated rings. The third-order valence-electron chi connectivity index (χ3n) is 6.27. The van der Waals surface area contributed by atoms with Gasteiger partial charge in [0.25, 0.3) is 5.69 Å². The van der Waals surface area contributed by atoms with Gasteiger partial charge in [-0.05, 0) is 64.4 Å². The number of piperazine rings is 1. The molecule has 8 nitrogen and oxygen atoms in total. The summed E-state index contributed by atoms with van der Waals surface area (Å²) in [6.07, 6.45) is 4.17. The number of rotatable bonds is 6. The highest BCUT2D eigenvalue weighted by atomic mass is 19.1. The lowest BCUT2D eigenvalue weighted by molar-refractivity contribution is -0.385. The number of non-ortho nitro benzene ring substituents is 1. The van der Waals surface area contributed by atoms with Gasteiger partial charge in [-0.3, -0.25) is 15.0 Å². The minimum absolute atomic E-state index is 0.221. The van der Waals surface area contributed by atoms with Crippen molar-refractivity contribution < 1.29 is 18.8 Å². The number of halogens is 1. The van der Waals surface area contributed by atoms with Crippen molar-refractivity contribution >= 4 is 17.5 Å². The first kappa shape index (κ1) is 24.2. The molecule has 0 radical (unpaired) electrons.